The van der Waals surface area contributed by atoms with Crippen LogP contribution in [-0.4, -0.2) is 17.8 Å². The summed E-state index contributed by atoms with van der Waals surface area (Å²) in [5, 5.41) is 2.25. The van der Waals surface area contributed by atoms with E-state index in [1.54, 1.807) is 11.8 Å². The molecule has 0 amide bonds. The third-order valence-corrected chi connectivity index (χ3v) is 3.44. The third kappa shape index (κ3) is 2.47. The Kier molecular flexibility index (Phi) is 3.66. The molecule has 0 heterocycles. The van der Waals surface area contributed by atoms with Crippen LogP contribution in [0.3, 0.4) is 0 Å². The zero-order chi connectivity index (χ0) is 11.5. The average Bonchev–Trinajstić information content (AvgIpc) is 2.28. The van der Waals surface area contributed by atoms with E-state index in [1.807, 2.05) is 36.6 Å². The number of carbonyl (C=O) groups is 1. The molecule has 0 radical (unpaired) electrons. The summed E-state index contributed by atoms with van der Waals surface area (Å²) in [6.45, 7) is 0. The number of hydrogen-bond donors (Lipinski definition) is 0. The fourth-order valence-corrected chi connectivity index (χ4v) is 2.41. The van der Waals surface area contributed by atoms with Gasteiger partial charge in [0.15, 0.2) is 5.78 Å². The number of benzene rings is 2. The van der Waals surface area contributed by atoms with E-state index in [9.17, 15) is 4.79 Å². The molecular weight excluding hydrogens is 284 g/mol. The number of halogens is 1. The first-order valence-electron chi connectivity index (χ1n) is 4.92. The zero-order valence-electron chi connectivity index (χ0n) is 8.87. The van der Waals surface area contributed by atoms with Crippen LogP contribution in [0.25, 0.3) is 10.8 Å². The van der Waals surface area contributed by atoms with E-state index in [0.717, 1.165) is 20.8 Å². The van der Waals surface area contributed by atoms with Gasteiger partial charge in [0.2, 0.25) is 0 Å². The minimum absolute atomic E-state index is 0.192. The van der Waals surface area contributed by atoms with Gasteiger partial charge in [0.05, 0.1) is 5.75 Å². The highest BCUT2D eigenvalue weighted by Crippen LogP contribution is 2.21. The Morgan fingerprint density at radius 2 is 1.88 bits per heavy atom. The van der Waals surface area contributed by atoms with Crippen LogP contribution < -0.4 is 0 Å². The number of ketones is 1. The van der Waals surface area contributed by atoms with Crippen molar-refractivity contribution in [1.29, 1.82) is 0 Å². The van der Waals surface area contributed by atoms with Gasteiger partial charge in [-0.15, -0.1) is 0 Å². The molecule has 82 valence electrons. The van der Waals surface area contributed by atoms with Gasteiger partial charge in [0.1, 0.15) is 0 Å². The standard InChI is InChI=1S/C13H11BrOS/c1-16-8-13(15)11-3-2-10-7-12(14)5-4-9(10)6-11/h2-7H,8H2,1H3. The van der Waals surface area contributed by atoms with Gasteiger partial charge in [-0.2, -0.15) is 11.8 Å². The van der Waals surface area contributed by atoms with Gasteiger partial charge in [-0.05, 0) is 35.2 Å². The van der Waals surface area contributed by atoms with Gasteiger partial charge in [0.25, 0.3) is 0 Å². The molecule has 2 aromatic rings. The van der Waals surface area contributed by atoms with Gasteiger partial charge >= 0.3 is 0 Å². The van der Waals surface area contributed by atoms with Crippen LogP contribution in [0, 0.1) is 0 Å². The second kappa shape index (κ2) is 5.02. The van der Waals surface area contributed by atoms with Crippen molar-refractivity contribution in [1.82, 2.24) is 0 Å². The average molecular weight is 295 g/mol. The second-order valence-electron chi connectivity index (χ2n) is 3.56. The molecule has 0 aliphatic heterocycles. The lowest BCUT2D eigenvalue weighted by atomic mass is 10.1. The maximum Gasteiger partial charge on any atom is 0.172 e. The topological polar surface area (TPSA) is 17.1 Å². The minimum Gasteiger partial charge on any atom is -0.293 e. The van der Waals surface area contributed by atoms with Crippen LogP contribution in [0.1, 0.15) is 10.4 Å². The Balaban J connectivity index is 2.44. The number of fused-ring (bicyclic) bond motifs is 1. The Labute approximate surface area is 107 Å². The lowest BCUT2D eigenvalue weighted by Crippen LogP contribution is -2.01. The first-order chi connectivity index (χ1) is 7.70. The van der Waals surface area contributed by atoms with Crippen LogP contribution in [0.4, 0.5) is 0 Å². The summed E-state index contributed by atoms with van der Waals surface area (Å²) in [4.78, 5) is 11.7. The maximum absolute atomic E-state index is 11.7. The Morgan fingerprint density at radius 1 is 1.19 bits per heavy atom. The molecule has 0 bridgehead atoms. The lowest BCUT2D eigenvalue weighted by molar-refractivity contribution is 0.102. The van der Waals surface area contributed by atoms with E-state index >= 15 is 0 Å². The van der Waals surface area contributed by atoms with Crippen molar-refractivity contribution in [2.45, 2.75) is 0 Å². The first kappa shape index (κ1) is 11.7. The highest BCUT2D eigenvalue weighted by atomic mass is 79.9. The summed E-state index contributed by atoms with van der Waals surface area (Å²) in [6.07, 6.45) is 1.94. The zero-order valence-corrected chi connectivity index (χ0v) is 11.3. The maximum atomic E-state index is 11.7. The highest BCUT2D eigenvalue weighted by Gasteiger charge is 2.05. The van der Waals surface area contributed by atoms with E-state index in [1.165, 1.54) is 0 Å². The number of hydrogen-bond acceptors (Lipinski definition) is 2. The predicted octanol–water partition coefficient (Wildman–Crippen LogP) is 4.15. The molecule has 2 aromatic carbocycles. The fraction of sp³-hybridized carbons (Fsp3) is 0.154. The van der Waals surface area contributed by atoms with Crippen LogP contribution in [0.2, 0.25) is 0 Å². The van der Waals surface area contributed by atoms with Crippen molar-refractivity contribution in [2.24, 2.45) is 0 Å². The summed E-state index contributed by atoms with van der Waals surface area (Å²) in [5.41, 5.74) is 0.796. The van der Waals surface area contributed by atoms with Crippen molar-refractivity contribution in [3.05, 3.63) is 46.4 Å². The molecule has 0 spiro atoms. The van der Waals surface area contributed by atoms with Gasteiger partial charge < -0.3 is 0 Å². The smallest absolute Gasteiger partial charge is 0.172 e. The van der Waals surface area contributed by atoms with Crippen molar-refractivity contribution >= 4 is 44.2 Å². The number of Topliss-reactive ketones (excluding diaryl/α,β-unsaturated/α-hetero) is 1. The quantitative estimate of drug-likeness (QED) is 0.791. The summed E-state index contributed by atoms with van der Waals surface area (Å²) in [6, 6.07) is 11.9. The lowest BCUT2D eigenvalue weighted by Gasteiger charge is -2.02. The number of carbonyl (C=O) groups excluding carboxylic acids is 1. The molecule has 0 aliphatic carbocycles. The van der Waals surface area contributed by atoms with Crippen LogP contribution in [0.15, 0.2) is 40.9 Å². The molecule has 0 fully saturated rings. The summed E-state index contributed by atoms with van der Waals surface area (Å²) >= 11 is 4.99. The molecule has 3 heteroatoms. The highest BCUT2D eigenvalue weighted by molar-refractivity contribution is 9.10. The SMILES string of the molecule is CSCC(=O)c1ccc2cc(Br)ccc2c1. The van der Waals surface area contributed by atoms with E-state index < -0.39 is 0 Å². The fourth-order valence-electron chi connectivity index (χ4n) is 1.60. The van der Waals surface area contributed by atoms with E-state index in [0.29, 0.717) is 5.75 Å². The van der Waals surface area contributed by atoms with Gasteiger partial charge in [0, 0.05) is 10.0 Å². The van der Waals surface area contributed by atoms with E-state index in [-0.39, 0.29) is 5.78 Å². The van der Waals surface area contributed by atoms with Gasteiger partial charge in [-0.3, -0.25) is 4.79 Å². The largest absolute Gasteiger partial charge is 0.293 e. The van der Waals surface area contributed by atoms with E-state index in [4.69, 9.17) is 0 Å². The molecule has 0 aliphatic rings. The summed E-state index contributed by atoms with van der Waals surface area (Å²) in [7, 11) is 0. The monoisotopic (exact) mass is 294 g/mol. The van der Waals surface area contributed by atoms with Crippen molar-refractivity contribution in [2.75, 3.05) is 12.0 Å². The van der Waals surface area contributed by atoms with Crippen molar-refractivity contribution < 1.29 is 4.79 Å². The molecule has 0 N–H and O–H groups in total. The molecule has 16 heavy (non-hydrogen) atoms. The van der Waals surface area contributed by atoms with Crippen molar-refractivity contribution in [3.8, 4) is 0 Å². The Bertz CT molecular complexity index is 536. The molecule has 0 saturated heterocycles. The van der Waals surface area contributed by atoms with Gasteiger partial charge in [-0.25, -0.2) is 0 Å². The molecule has 1 nitrogen and oxygen atoms in total. The normalized spacial score (nSPS) is 10.6. The molecular formula is C13H11BrOS. The van der Waals surface area contributed by atoms with Crippen LogP contribution in [-0.2, 0) is 0 Å². The Morgan fingerprint density at radius 3 is 2.62 bits per heavy atom. The molecule has 0 atom stereocenters. The van der Waals surface area contributed by atoms with E-state index in [2.05, 4.69) is 22.0 Å². The van der Waals surface area contributed by atoms with Gasteiger partial charge in [-0.1, -0.05) is 34.1 Å². The second-order valence-corrected chi connectivity index (χ2v) is 5.34. The molecule has 0 aromatic heterocycles. The molecule has 0 unspecified atom stereocenters. The van der Waals surface area contributed by atoms with Crippen molar-refractivity contribution in [3.63, 3.8) is 0 Å². The number of rotatable bonds is 3. The number of thioether (sulfide) groups is 1. The Hall–Kier alpha value is -0.800. The summed E-state index contributed by atoms with van der Waals surface area (Å²) in [5.74, 6) is 0.736. The van der Waals surface area contributed by atoms with Crippen LogP contribution in [0.5, 0.6) is 0 Å². The van der Waals surface area contributed by atoms with Crippen LogP contribution >= 0.6 is 27.7 Å². The predicted molar refractivity (Wildman–Crippen MR) is 74.4 cm³/mol. The molecule has 2 rings (SSSR count). The first-order valence-corrected chi connectivity index (χ1v) is 7.11. The molecule has 0 saturated carbocycles. The summed E-state index contributed by atoms with van der Waals surface area (Å²) < 4.78 is 1.06. The minimum atomic E-state index is 0.192. The third-order valence-electron chi connectivity index (χ3n) is 2.40.